The number of nitrogens with zero attached hydrogens (tertiary/aromatic N) is 1. The van der Waals surface area contributed by atoms with Crippen molar-refractivity contribution in [3.05, 3.63) is 18.2 Å². The number of anilines is 2. The van der Waals surface area contributed by atoms with Crippen LogP contribution in [-0.2, 0) is 4.79 Å². The Morgan fingerprint density at radius 1 is 1.55 bits per heavy atom. The van der Waals surface area contributed by atoms with Gasteiger partial charge in [-0.1, -0.05) is 13.3 Å². The molecule has 1 unspecified atom stereocenters. The Labute approximate surface area is 125 Å². The highest BCUT2D eigenvalue weighted by Gasteiger charge is 2.20. The fourth-order valence-electron chi connectivity index (χ4n) is 2.45. The molecular weight excluding hydrogens is 270 g/mol. The number of nitrogen functional groups attached to an aromatic ring is 1. The number of amides is 1. The number of benzene rings is 1. The van der Waals surface area contributed by atoms with E-state index in [1.54, 1.807) is 0 Å². The molecule has 0 spiro atoms. The molecule has 1 atom stereocenters. The van der Waals surface area contributed by atoms with Crippen molar-refractivity contribution < 1.29 is 4.79 Å². The van der Waals surface area contributed by atoms with Gasteiger partial charge >= 0.3 is 0 Å². The number of rotatable bonds is 5. The average Bonchev–Trinajstić information content (AvgIpc) is 2.39. The maximum atomic E-state index is 12.1. The van der Waals surface area contributed by atoms with Gasteiger partial charge in [-0.2, -0.15) is 0 Å². The highest BCUT2D eigenvalue weighted by molar-refractivity contribution is 7.99. The van der Waals surface area contributed by atoms with Crippen LogP contribution >= 0.6 is 11.8 Å². The monoisotopic (exact) mass is 293 g/mol. The maximum Gasteiger partial charge on any atom is 0.239 e. The molecule has 1 aromatic carbocycles. The normalized spacial score (nSPS) is 15.6. The van der Waals surface area contributed by atoms with E-state index in [0.717, 1.165) is 36.5 Å². The summed E-state index contributed by atoms with van der Waals surface area (Å²) in [5.74, 6) is 1.10. The summed E-state index contributed by atoms with van der Waals surface area (Å²) in [7, 11) is 0. The Morgan fingerprint density at radius 2 is 2.35 bits per heavy atom. The third-order valence-corrected chi connectivity index (χ3v) is 4.45. The van der Waals surface area contributed by atoms with E-state index in [-0.39, 0.29) is 11.9 Å². The van der Waals surface area contributed by atoms with Gasteiger partial charge in [-0.05, 0) is 31.5 Å². The number of thioether (sulfide) groups is 1. The summed E-state index contributed by atoms with van der Waals surface area (Å²) in [6, 6.07) is 6.16. The Morgan fingerprint density at radius 3 is 3.10 bits per heavy atom. The van der Waals surface area contributed by atoms with Crippen molar-refractivity contribution in [1.29, 1.82) is 0 Å². The molecule has 20 heavy (non-hydrogen) atoms. The molecule has 0 bridgehead atoms. The summed E-state index contributed by atoms with van der Waals surface area (Å²) < 4.78 is 0. The molecule has 4 nitrogen and oxygen atoms in total. The van der Waals surface area contributed by atoms with E-state index in [4.69, 9.17) is 5.73 Å². The third-order valence-electron chi connectivity index (χ3n) is 3.41. The zero-order valence-electron chi connectivity index (χ0n) is 12.2. The quantitative estimate of drug-likeness (QED) is 0.819. The predicted molar refractivity (Wildman–Crippen MR) is 86.3 cm³/mol. The predicted octanol–water partition coefficient (Wildman–Crippen LogP) is 2.49. The van der Waals surface area contributed by atoms with Crippen LogP contribution in [-0.4, -0.2) is 30.8 Å². The first-order valence-corrected chi connectivity index (χ1v) is 8.15. The zero-order valence-corrected chi connectivity index (χ0v) is 13.0. The van der Waals surface area contributed by atoms with Crippen LogP contribution in [0.25, 0.3) is 0 Å². The molecule has 0 aromatic heterocycles. The number of nitrogens with one attached hydrogen (secondary N) is 1. The average molecular weight is 293 g/mol. The molecule has 0 radical (unpaired) electrons. The minimum absolute atomic E-state index is 0.0891. The van der Waals surface area contributed by atoms with Gasteiger partial charge in [-0.3, -0.25) is 4.79 Å². The molecule has 0 saturated heterocycles. The second kappa shape index (κ2) is 6.88. The molecule has 110 valence electrons. The van der Waals surface area contributed by atoms with Gasteiger partial charge in [-0.25, -0.2) is 0 Å². The SMILES string of the molecule is CCCC(C)NC(=O)CN1CCSc2ccc(N)cc21. The number of carbonyl (C=O) groups excluding carboxylic acids is 1. The molecule has 1 aliphatic rings. The van der Waals surface area contributed by atoms with E-state index in [2.05, 4.69) is 24.1 Å². The minimum Gasteiger partial charge on any atom is -0.399 e. The van der Waals surface area contributed by atoms with Crippen molar-refractivity contribution in [2.45, 2.75) is 37.6 Å². The van der Waals surface area contributed by atoms with Gasteiger partial charge in [0.05, 0.1) is 12.2 Å². The van der Waals surface area contributed by atoms with Gasteiger partial charge in [-0.15, -0.1) is 11.8 Å². The molecule has 1 aromatic rings. The van der Waals surface area contributed by atoms with E-state index < -0.39 is 0 Å². The Hall–Kier alpha value is -1.36. The van der Waals surface area contributed by atoms with Gasteiger partial charge in [0.25, 0.3) is 0 Å². The number of hydrogen-bond acceptors (Lipinski definition) is 4. The zero-order chi connectivity index (χ0) is 14.5. The summed E-state index contributed by atoms with van der Waals surface area (Å²) in [5, 5.41) is 3.05. The summed E-state index contributed by atoms with van der Waals surface area (Å²) in [6.07, 6.45) is 2.10. The van der Waals surface area contributed by atoms with Crippen LogP contribution in [0.3, 0.4) is 0 Å². The molecule has 5 heteroatoms. The van der Waals surface area contributed by atoms with Crippen LogP contribution in [0.2, 0.25) is 0 Å². The summed E-state index contributed by atoms with van der Waals surface area (Å²) in [6.45, 7) is 5.48. The fourth-order valence-corrected chi connectivity index (χ4v) is 3.48. The largest absolute Gasteiger partial charge is 0.399 e. The van der Waals surface area contributed by atoms with Crippen LogP contribution < -0.4 is 16.0 Å². The molecule has 0 fully saturated rings. The molecule has 0 aliphatic carbocycles. The van der Waals surface area contributed by atoms with Crippen LogP contribution in [0.1, 0.15) is 26.7 Å². The third kappa shape index (κ3) is 3.82. The van der Waals surface area contributed by atoms with Crippen LogP contribution in [0.4, 0.5) is 11.4 Å². The van der Waals surface area contributed by atoms with Crippen LogP contribution in [0, 0.1) is 0 Å². The Bertz CT molecular complexity index is 478. The Balaban J connectivity index is 2.01. The lowest BCUT2D eigenvalue weighted by molar-refractivity contribution is -0.120. The topological polar surface area (TPSA) is 58.4 Å². The molecule has 3 N–H and O–H groups in total. The maximum absolute atomic E-state index is 12.1. The van der Waals surface area contributed by atoms with Crippen molar-refractivity contribution in [1.82, 2.24) is 5.32 Å². The molecule has 1 heterocycles. The van der Waals surface area contributed by atoms with Crippen molar-refractivity contribution in [3.8, 4) is 0 Å². The van der Waals surface area contributed by atoms with Crippen molar-refractivity contribution in [2.75, 3.05) is 29.5 Å². The number of hydrogen-bond donors (Lipinski definition) is 2. The highest BCUT2D eigenvalue weighted by atomic mass is 32.2. The molecule has 1 amide bonds. The molecular formula is C15H23N3OS. The number of carbonyl (C=O) groups is 1. The van der Waals surface area contributed by atoms with Gasteiger partial charge in [0, 0.05) is 28.9 Å². The van der Waals surface area contributed by atoms with Crippen LogP contribution in [0.15, 0.2) is 23.1 Å². The lowest BCUT2D eigenvalue weighted by Gasteiger charge is -2.30. The summed E-state index contributed by atoms with van der Waals surface area (Å²) in [4.78, 5) is 15.4. The summed E-state index contributed by atoms with van der Waals surface area (Å²) >= 11 is 1.82. The van der Waals surface area contributed by atoms with E-state index in [9.17, 15) is 4.79 Å². The second-order valence-electron chi connectivity index (χ2n) is 5.25. The molecule has 2 rings (SSSR count). The number of nitrogens with two attached hydrogens (primary N) is 1. The van der Waals surface area contributed by atoms with Gasteiger partial charge in [0.2, 0.25) is 5.91 Å². The first-order valence-electron chi connectivity index (χ1n) is 7.16. The first kappa shape index (κ1) is 15.0. The van der Waals surface area contributed by atoms with Crippen molar-refractivity contribution in [3.63, 3.8) is 0 Å². The lowest BCUT2D eigenvalue weighted by Crippen LogP contribution is -2.42. The molecule has 0 saturated carbocycles. The highest BCUT2D eigenvalue weighted by Crippen LogP contribution is 2.35. The van der Waals surface area contributed by atoms with Gasteiger partial charge in [0.15, 0.2) is 0 Å². The standard InChI is InChI=1S/C15H23N3OS/c1-3-4-11(2)17-15(19)10-18-7-8-20-14-6-5-12(16)9-13(14)18/h5-6,9,11H,3-4,7-8,10,16H2,1-2H3,(H,17,19). The second-order valence-corrected chi connectivity index (χ2v) is 6.39. The Kier molecular flexibility index (Phi) is 5.17. The van der Waals surface area contributed by atoms with E-state index in [1.165, 1.54) is 4.90 Å². The lowest BCUT2D eigenvalue weighted by atomic mass is 10.2. The van der Waals surface area contributed by atoms with E-state index in [1.807, 2.05) is 30.0 Å². The first-order chi connectivity index (χ1) is 9.60. The molecule has 1 aliphatic heterocycles. The van der Waals surface area contributed by atoms with E-state index >= 15 is 0 Å². The fraction of sp³-hybridized carbons (Fsp3) is 0.533. The summed E-state index contributed by atoms with van der Waals surface area (Å²) in [5.41, 5.74) is 7.69. The van der Waals surface area contributed by atoms with Crippen LogP contribution in [0.5, 0.6) is 0 Å². The van der Waals surface area contributed by atoms with E-state index in [0.29, 0.717) is 6.54 Å². The van der Waals surface area contributed by atoms with Crippen molar-refractivity contribution >= 4 is 29.0 Å². The van der Waals surface area contributed by atoms with Gasteiger partial charge < -0.3 is 16.0 Å². The van der Waals surface area contributed by atoms with Crippen molar-refractivity contribution in [2.24, 2.45) is 0 Å². The minimum atomic E-state index is 0.0891. The number of fused-ring (bicyclic) bond motifs is 1. The smallest absolute Gasteiger partial charge is 0.239 e. The van der Waals surface area contributed by atoms with Gasteiger partial charge in [0.1, 0.15) is 0 Å².